The molecule has 29 heavy (non-hydrogen) atoms. The van der Waals surface area contributed by atoms with Crippen molar-refractivity contribution >= 4 is 33.7 Å². The molecule has 0 radical (unpaired) electrons. The number of benzene rings is 2. The number of amides is 1. The van der Waals surface area contributed by atoms with Crippen molar-refractivity contribution in [2.24, 2.45) is 0 Å². The number of carbonyl (C=O) groups is 2. The van der Waals surface area contributed by atoms with Crippen LogP contribution < -0.4 is 14.8 Å². The Morgan fingerprint density at radius 3 is 2.34 bits per heavy atom. The van der Waals surface area contributed by atoms with E-state index in [2.05, 4.69) is 10.0 Å². The van der Waals surface area contributed by atoms with E-state index in [0.29, 0.717) is 17.0 Å². The summed E-state index contributed by atoms with van der Waals surface area (Å²) >= 11 is 0. The van der Waals surface area contributed by atoms with Gasteiger partial charge in [-0.25, -0.2) is 13.1 Å². The van der Waals surface area contributed by atoms with Gasteiger partial charge < -0.3 is 14.8 Å². The molecule has 0 aliphatic carbocycles. The summed E-state index contributed by atoms with van der Waals surface area (Å²) in [5, 5.41) is 3.54. The summed E-state index contributed by atoms with van der Waals surface area (Å²) in [6, 6.07) is 15.5. The first-order chi connectivity index (χ1) is 13.8. The predicted octanol–water partition coefficient (Wildman–Crippen LogP) is 2.16. The zero-order valence-electron chi connectivity index (χ0n) is 16.0. The second kappa shape index (κ2) is 10.4. The van der Waals surface area contributed by atoms with Crippen molar-refractivity contribution in [1.82, 2.24) is 4.72 Å². The maximum atomic E-state index is 12.1. The molecule has 1 amide bonds. The predicted molar refractivity (Wildman–Crippen MR) is 110 cm³/mol. The van der Waals surface area contributed by atoms with Crippen molar-refractivity contribution in [3.05, 3.63) is 65.6 Å². The summed E-state index contributed by atoms with van der Waals surface area (Å²) in [4.78, 5) is 23.9. The molecule has 0 saturated carbocycles. The Balaban J connectivity index is 1.81. The van der Waals surface area contributed by atoms with Crippen LogP contribution in [0.25, 0.3) is 6.08 Å². The molecule has 0 aliphatic heterocycles. The molecule has 0 saturated heterocycles. The Morgan fingerprint density at radius 1 is 1.07 bits per heavy atom. The standard InChI is InChI=1S/C20H22N2O6S/c1-15(20(24)22-17-8-10-18(27-2)11-9-17)28-19(23)14-21-29(25,26)13-12-16-6-4-3-5-7-16/h3-13,15,21H,14H2,1-2H3,(H,22,24)/b13-12+/t15-/m0/s1. The number of ether oxygens (including phenoxy) is 2. The number of sulfonamides is 1. The monoisotopic (exact) mass is 418 g/mol. The SMILES string of the molecule is COc1ccc(NC(=O)[C@H](C)OC(=O)CNS(=O)(=O)/C=C/c2ccccc2)cc1. The van der Waals surface area contributed by atoms with Crippen molar-refractivity contribution in [3.8, 4) is 5.75 Å². The molecule has 1 atom stereocenters. The van der Waals surface area contributed by atoms with Crippen LogP contribution in [0.5, 0.6) is 5.75 Å². The van der Waals surface area contributed by atoms with Gasteiger partial charge in [0.15, 0.2) is 6.10 Å². The van der Waals surface area contributed by atoms with E-state index in [4.69, 9.17) is 9.47 Å². The third kappa shape index (κ3) is 7.76. The molecular formula is C20H22N2O6S. The number of hydrogen-bond donors (Lipinski definition) is 2. The van der Waals surface area contributed by atoms with Crippen molar-refractivity contribution in [2.75, 3.05) is 19.0 Å². The number of anilines is 1. The zero-order valence-corrected chi connectivity index (χ0v) is 16.8. The minimum Gasteiger partial charge on any atom is -0.497 e. The van der Waals surface area contributed by atoms with Crippen molar-refractivity contribution in [3.63, 3.8) is 0 Å². The molecule has 2 aromatic rings. The second-order valence-corrected chi connectivity index (χ2v) is 7.58. The maximum absolute atomic E-state index is 12.1. The summed E-state index contributed by atoms with van der Waals surface area (Å²) in [5.74, 6) is -0.787. The lowest BCUT2D eigenvalue weighted by Crippen LogP contribution is -2.35. The highest BCUT2D eigenvalue weighted by Crippen LogP contribution is 2.15. The summed E-state index contributed by atoms with van der Waals surface area (Å²) in [7, 11) is -2.30. The lowest BCUT2D eigenvalue weighted by atomic mass is 10.2. The highest BCUT2D eigenvalue weighted by molar-refractivity contribution is 7.92. The molecule has 0 heterocycles. The molecule has 154 valence electrons. The Bertz CT molecular complexity index is 956. The quantitative estimate of drug-likeness (QED) is 0.604. The van der Waals surface area contributed by atoms with Gasteiger partial charge in [0.2, 0.25) is 10.0 Å². The number of nitrogens with one attached hydrogen (secondary N) is 2. The lowest BCUT2D eigenvalue weighted by molar-refractivity contribution is -0.151. The van der Waals surface area contributed by atoms with Crippen molar-refractivity contribution in [1.29, 1.82) is 0 Å². The highest BCUT2D eigenvalue weighted by Gasteiger charge is 2.19. The van der Waals surface area contributed by atoms with Crippen LogP contribution >= 0.6 is 0 Å². The molecule has 2 aromatic carbocycles. The van der Waals surface area contributed by atoms with Gasteiger partial charge in [0.1, 0.15) is 12.3 Å². The summed E-state index contributed by atoms with van der Waals surface area (Å²) in [6.07, 6.45) is 0.299. The van der Waals surface area contributed by atoms with Crippen molar-refractivity contribution < 1.29 is 27.5 Å². The molecule has 9 heteroatoms. The third-order valence-corrected chi connectivity index (χ3v) is 4.73. The molecule has 0 aliphatic rings. The van der Waals surface area contributed by atoms with Gasteiger partial charge in [-0.15, -0.1) is 0 Å². The third-order valence-electron chi connectivity index (χ3n) is 3.69. The van der Waals surface area contributed by atoms with E-state index in [9.17, 15) is 18.0 Å². The van der Waals surface area contributed by atoms with Gasteiger partial charge in [0.05, 0.1) is 7.11 Å². The van der Waals surface area contributed by atoms with Gasteiger partial charge >= 0.3 is 5.97 Å². The fourth-order valence-corrected chi connectivity index (χ4v) is 2.90. The summed E-state index contributed by atoms with van der Waals surface area (Å²) in [6.45, 7) is 0.794. The van der Waals surface area contributed by atoms with Crippen LogP contribution in [0.1, 0.15) is 12.5 Å². The van der Waals surface area contributed by atoms with Gasteiger partial charge in [-0.3, -0.25) is 9.59 Å². The second-order valence-electron chi connectivity index (χ2n) is 5.93. The Hall–Kier alpha value is -3.17. The average molecular weight is 418 g/mol. The topological polar surface area (TPSA) is 111 Å². The first kappa shape index (κ1) is 22.1. The number of hydrogen-bond acceptors (Lipinski definition) is 6. The Morgan fingerprint density at radius 2 is 1.72 bits per heavy atom. The zero-order chi connectivity index (χ0) is 21.3. The normalized spacial score (nSPS) is 12.3. The van der Waals surface area contributed by atoms with Crippen molar-refractivity contribution in [2.45, 2.75) is 13.0 Å². The highest BCUT2D eigenvalue weighted by atomic mass is 32.2. The van der Waals surface area contributed by atoms with E-state index in [-0.39, 0.29) is 0 Å². The van der Waals surface area contributed by atoms with Gasteiger partial charge in [-0.2, -0.15) is 0 Å². The molecule has 0 aromatic heterocycles. The molecule has 0 fully saturated rings. The van der Waals surface area contributed by atoms with Gasteiger partial charge in [0.25, 0.3) is 5.91 Å². The van der Waals surface area contributed by atoms with Crippen LogP contribution in [0.4, 0.5) is 5.69 Å². The van der Waals surface area contributed by atoms with E-state index >= 15 is 0 Å². The fraction of sp³-hybridized carbons (Fsp3) is 0.200. The van der Waals surface area contributed by atoms with Crippen LogP contribution in [0, 0.1) is 0 Å². The molecule has 2 N–H and O–H groups in total. The van der Waals surface area contributed by atoms with Crippen LogP contribution in [0.2, 0.25) is 0 Å². The van der Waals surface area contributed by atoms with Gasteiger partial charge in [0, 0.05) is 11.1 Å². The van der Waals surface area contributed by atoms with E-state index in [0.717, 1.165) is 5.41 Å². The first-order valence-electron chi connectivity index (χ1n) is 8.66. The van der Waals surface area contributed by atoms with E-state index in [1.807, 2.05) is 6.07 Å². The lowest BCUT2D eigenvalue weighted by Gasteiger charge is -2.14. The number of methoxy groups -OCH3 is 1. The molecular weight excluding hydrogens is 396 g/mol. The number of esters is 1. The van der Waals surface area contributed by atoms with Gasteiger partial charge in [-0.05, 0) is 42.8 Å². The molecule has 0 unspecified atom stereocenters. The minimum atomic E-state index is -3.83. The molecule has 2 rings (SSSR count). The molecule has 8 nitrogen and oxygen atoms in total. The van der Waals surface area contributed by atoms with Crippen LogP contribution in [0.15, 0.2) is 60.0 Å². The smallest absolute Gasteiger partial charge is 0.321 e. The molecule has 0 spiro atoms. The van der Waals surface area contributed by atoms with Crippen LogP contribution in [0.3, 0.4) is 0 Å². The van der Waals surface area contributed by atoms with E-state index in [1.54, 1.807) is 48.5 Å². The Labute approximate surface area is 169 Å². The largest absolute Gasteiger partial charge is 0.497 e. The van der Waals surface area contributed by atoms with Crippen LogP contribution in [-0.4, -0.2) is 40.1 Å². The number of carbonyl (C=O) groups excluding carboxylic acids is 2. The number of rotatable bonds is 9. The Kier molecular flexibility index (Phi) is 7.93. The van der Waals surface area contributed by atoms with Gasteiger partial charge in [-0.1, -0.05) is 30.3 Å². The fourth-order valence-electron chi connectivity index (χ4n) is 2.15. The summed E-state index contributed by atoms with van der Waals surface area (Å²) in [5.41, 5.74) is 1.20. The molecule has 0 bridgehead atoms. The van der Waals surface area contributed by atoms with Crippen LogP contribution in [-0.2, 0) is 24.3 Å². The van der Waals surface area contributed by atoms with E-state index < -0.39 is 34.5 Å². The minimum absolute atomic E-state index is 0.505. The maximum Gasteiger partial charge on any atom is 0.321 e. The average Bonchev–Trinajstić information content (AvgIpc) is 2.72. The first-order valence-corrected chi connectivity index (χ1v) is 10.2. The van der Waals surface area contributed by atoms with E-state index in [1.165, 1.54) is 20.1 Å². The summed E-state index contributed by atoms with van der Waals surface area (Å²) < 4.78 is 35.9.